The molecule has 0 spiro atoms. The summed E-state index contributed by atoms with van der Waals surface area (Å²) in [5.74, 6) is -1.07. The average Bonchev–Trinajstić information content (AvgIpc) is 2.40. The van der Waals surface area contributed by atoms with Crippen LogP contribution < -0.4 is 0 Å². The van der Waals surface area contributed by atoms with E-state index in [4.69, 9.17) is 0 Å². The van der Waals surface area contributed by atoms with E-state index in [9.17, 15) is 19.7 Å². The van der Waals surface area contributed by atoms with Crippen LogP contribution in [0.15, 0.2) is 28.7 Å². The first kappa shape index (κ1) is 19.0. The van der Waals surface area contributed by atoms with Gasteiger partial charge < -0.3 is 9.47 Å². The van der Waals surface area contributed by atoms with Crippen LogP contribution in [-0.2, 0) is 19.1 Å². The second kappa shape index (κ2) is 10.8. The number of halogens is 1. The van der Waals surface area contributed by atoms with E-state index in [0.717, 1.165) is 0 Å². The summed E-state index contributed by atoms with van der Waals surface area (Å²) in [7, 11) is 0. The highest BCUT2D eigenvalue weighted by molar-refractivity contribution is 9.10. The lowest BCUT2D eigenvalue weighted by molar-refractivity contribution is -0.385. The van der Waals surface area contributed by atoms with E-state index in [-0.39, 0.29) is 25.3 Å². The van der Waals surface area contributed by atoms with Crippen molar-refractivity contribution < 1.29 is 24.0 Å². The van der Waals surface area contributed by atoms with Crippen LogP contribution in [0.3, 0.4) is 0 Å². The first-order valence-electron chi connectivity index (χ1n) is 6.12. The molecule has 0 bridgehead atoms. The molecule has 0 aliphatic carbocycles. The lowest BCUT2D eigenvalue weighted by atomic mass is 10.3. The number of hydrogen-bond acceptors (Lipinski definition) is 6. The molecule has 7 nitrogen and oxygen atoms in total. The first-order valence-corrected chi connectivity index (χ1v) is 6.91. The minimum absolute atomic E-state index is 0.0995. The summed E-state index contributed by atoms with van der Waals surface area (Å²) in [6.45, 7) is 3.95. The Hall–Kier alpha value is -1.96. The Kier molecular flexibility index (Phi) is 9.78. The van der Waals surface area contributed by atoms with Crippen LogP contribution in [0.25, 0.3) is 0 Å². The Labute approximate surface area is 130 Å². The van der Waals surface area contributed by atoms with Gasteiger partial charge in [0.05, 0.1) is 22.6 Å². The molecule has 0 radical (unpaired) electrons. The number of para-hydroxylation sites is 1. The molecule has 0 fully saturated rings. The number of nitro groups is 1. The molecular weight excluding hydrogens is 346 g/mol. The zero-order valence-electron chi connectivity index (χ0n) is 11.7. The highest BCUT2D eigenvalue weighted by Crippen LogP contribution is 2.22. The van der Waals surface area contributed by atoms with Crippen molar-refractivity contribution >= 4 is 33.6 Å². The van der Waals surface area contributed by atoms with Crippen molar-refractivity contribution in [1.82, 2.24) is 0 Å². The van der Waals surface area contributed by atoms with Gasteiger partial charge in [-0.3, -0.25) is 19.7 Å². The molecule has 1 rings (SSSR count). The van der Waals surface area contributed by atoms with E-state index < -0.39 is 16.9 Å². The molecule has 0 amide bonds. The van der Waals surface area contributed by atoms with Crippen molar-refractivity contribution in [3.05, 3.63) is 38.9 Å². The number of carbonyl (C=O) groups is 2. The molecular formula is C13H16BrNO6. The molecule has 8 heteroatoms. The maximum Gasteiger partial charge on any atom is 0.317 e. The number of hydrogen-bond donors (Lipinski definition) is 0. The lowest BCUT2D eigenvalue weighted by Gasteiger charge is -2.00. The third-order valence-corrected chi connectivity index (χ3v) is 2.62. The van der Waals surface area contributed by atoms with Crippen LogP contribution in [0, 0.1) is 10.1 Å². The predicted molar refractivity (Wildman–Crippen MR) is 78.7 cm³/mol. The average molecular weight is 362 g/mol. The van der Waals surface area contributed by atoms with Crippen LogP contribution >= 0.6 is 15.9 Å². The standard InChI is InChI=1S/C7H12O4.C6H4BrNO2/c1-3-10-6(8)5-7(9)11-4-2;7-5-3-1-2-4-6(5)8(9)10/h3-5H2,1-2H3;1-4H. The molecule has 21 heavy (non-hydrogen) atoms. The van der Waals surface area contributed by atoms with Gasteiger partial charge in [0, 0.05) is 6.07 Å². The maximum atomic E-state index is 10.6. The molecule has 116 valence electrons. The fourth-order valence-corrected chi connectivity index (χ4v) is 1.57. The number of nitrogens with zero attached hydrogens (tertiary/aromatic N) is 1. The third kappa shape index (κ3) is 8.74. The minimum Gasteiger partial charge on any atom is -0.466 e. The largest absolute Gasteiger partial charge is 0.466 e. The van der Waals surface area contributed by atoms with Gasteiger partial charge in [0.15, 0.2) is 0 Å². The number of rotatable bonds is 5. The minimum atomic E-state index is -0.536. The summed E-state index contributed by atoms with van der Waals surface area (Å²) >= 11 is 3.06. The molecule has 0 saturated carbocycles. The second-order valence-corrected chi connectivity index (χ2v) is 4.35. The Morgan fingerprint density at radius 3 is 1.95 bits per heavy atom. The summed E-state index contributed by atoms with van der Waals surface area (Å²) < 4.78 is 9.55. The fourth-order valence-electron chi connectivity index (χ4n) is 1.14. The zero-order valence-corrected chi connectivity index (χ0v) is 13.3. The quantitative estimate of drug-likeness (QED) is 0.346. The van der Waals surface area contributed by atoms with E-state index >= 15 is 0 Å². The summed E-state index contributed by atoms with van der Waals surface area (Å²) in [6.07, 6.45) is -0.290. The summed E-state index contributed by atoms with van der Waals surface area (Å²) in [5, 5.41) is 10.2. The second-order valence-electron chi connectivity index (χ2n) is 3.50. The molecule has 0 heterocycles. The Morgan fingerprint density at radius 2 is 1.62 bits per heavy atom. The number of nitro benzene ring substituents is 1. The van der Waals surface area contributed by atoms with Gasteiger partial charge in [-0.1, -0.05) is 12.1 Å². The predicted octanol–water partition coefficient (Wildman–Crippen LogP) is 2.86. The normalized spacial score (nSPS) is 9.10. The number of carbonyl (C=O) groups excluding carboxylic acids is 2. The summed E-state index contributed by atoms with van der Waals surface area (Å²) in [4.78, 5) is 31.0. The smallest absolute Gasteiger partial charge is 0.317 e. The fraction of sp³-hybridized carbons (Fsp3) is 0.385. The van der Waals surface area contributed by atoms with E-state index in [0.29, 0.717) is 4.47 Å². The molecule has 0 aliphatic rings. The van der Waals surface area contributed by atoms with Gasteiger partial charge in [-0.25, -0.2) is 0 Å². The summed E-state index contributed by atoms with van der Waals surface area (Å²) in [5.41, 5.74) is 0.0995. The maximum absolute atomic E-state index is 10.6. The number of esters is 2. The van der Waals surface area contributed by atoms with E-state index in [1.54, 1.807) is 32.0 Å². The van der Waals surface area contributed by atoms with Gasteiger partial charge in [0.1, 0.15) is 6.42 Å². The Bertz CT molecular complexity index is 475. The van der Waals surface area contributed by atoms with Crippen molar-refractivity contribution in [3.8, 4) is 0 Å². The molecule has 0 unspecified atom stereocenters. The number of benzene rings is 1. The lowest BCUT2D eigenvalue weighted by Crippen LogP contribution is -2.13. The van der Waals surface area contributed by atoms with Gasteiger partial charge in [0.25, 0.3) is 5.69 Å². The third-order valence-electron chi connectivity index (χ3n) is 1.95. The van der Waals surface area contributed by atoms with Gasteiger partial charge in [-0.15, -0.1) is 0 Å². The molecule has 0 aliphatic heterocycles. The van der Waals surface area contributed by atoms with Crippen LogP contribution in [0.4, 0.5) is 5.69 Å². The van der Waals surface area contributed by atoms with Crippen LogP contribution in [-0.4, -0.2) is 30.1 Å². The SMILES string of the molecule is CCOC(=O)CC(=O)OCC.O=[N+]([O-])c1ccccc1Br. The molecule has 0 aromatic heterocycles. The van der Waals surface area contributed by atoms with Gasteiger partial charge >= 0.3 is 11.9 Å². The van der Waals surface area contributed by atoms with Crippen LogP contribution in [0.2, 0.25) is 0 Å². The van der Waals surface area contributed by atoms with Crippen molar-refractivity contribution in [2.24, 2.45) is 0 Å². The van der Waals surface area contributed by atoms with E-state index in [1.807, 2.05) is 0 Å². The summed E-state index contributed by atoms with van der Waals surface area (Å²) in [6, 6.07) is 6.45. The van der Waals surface area contributed by atoms with Crippen LogP contribution in [0.1, 0.15) is 20.3 Å². The van der Waals surface area contributed by atoms with E-state index in [2.05, 4.69) is 25.4 Å². The Balaban J connectivity index is 0.000000382. The topological polar surface area (TPSA) is 95.7 Å². The molecule has 0 atom stereocenters. The van der Waals surface area contributed by atoms with Gasteiger partial charge in [-0.05, 0) is 35.8 Å². The molecule has 1 aromatic rings. The van der Waals surface area contributed by atoms with E-state index in [1.165, 1.54) is 6.07 Å². The molecule has 1 aromatic carbocycles. The van der Waals surface area contributed by atoms with Crippen molar-refractivity contribution in [2.75, 3.05) is 13.2 Å². The monoisotopic (exact) mass is 361 g/mol. The van der Waals surface area contributed by atoms with Gasteiger partial charge in [0.2, 0.25) is 0 Å². The van der Waals surface area contributed by atoms with Crippen molar-refractivity contribution in [3.63, 3.8) is 0 Å². The van der Waals surface area contributed by atoms with Crippen molar-refractivity contribution in [2.45, 2.75) is 20.3 Å². The highest BCUT2D eigenvalue weighted by Gasteiger charge is 2.09. The number of ether oxygens (including phenoxy) is 2. The first-order chi connectivity index (χ1) is 9.92. The van der Waals surface area contributed by atoms with Crippen molar-refractivity contribution in [1.29, 1.82) is 0 Å². The molecule has 0 saturated heterocycles. The van der Waals surface area contributed by atoms with Gasteiger partial charge in [-0.2, -0.15) is 0 Å². The Morgan fingerprint density at radius 1 is 1.14 bits per heavy atom. The molecule has 0 N–H and O–H groups in total. The zero-order chi connectivity index (χ0) is 16.3. The van der Waals surface area contributed by atoms with Crippen LogP contribution in [0.5, 0.6) is 0 Å². The highest BCUT2D eigenvalue weighted by atomic mass is 79.9.